The molecule has 1 saturated heterocycles. The first-order valence-electron chi connectivity index (χ1n) is 12.6. The van der Waals surface area contributed by atoms with Gasteiger partial charge < -0.3 is 28.5 Å². The fourth-order valence-electron chi connectivity index (χ4n) is 4.64. The molecule has 0 amide bonds. The molecule has 1 aliphatic rings. The van der Waals surface area contributed by atoms with E-state index >= 15 is 4.39 Å². The average molecular weight is 543 g/mol. The maximum absolute atomic E-state index is 15.2. The van der Waals surface area contributed by atoms with Crippen molar-refractivity contribution in [1.82, 2.24) is 0 Å². The lowest BCUT2D eigenvalue weighted by Crippen LogP contribution is -2.56. The number of ether oxygens (including phenoxy) is 4. The standard InChI is InChI=1S/C29H31FO9/c1-15-11-22(34)26(21(33)7-5-19-6-8-23-20(13-19)9-10-35-23)24(12-15)38-29-16(2)28(37-18(4)32)27(30)25(39-29)14-36-17(3)31/h6,8-13,16,25,27-29,34H,5,7,14H2,1-4H3. The second kappa shape index (κ2) is 11.9. The molecule has 5 unspecified atom stereocenters. The van der Waals surface area contributed by atoms with E-state index in [2.05, 4.69) is 0 Å². The third-order valence-corrected chi connectivity index (χ3v) is 6.58. The highest BCUT2D eigenvalue weighted by Gasteiger charge is 2.48. The Hall–Kier alpha value is -3.92. The van der Waals surface area contributed by atoms with E-state index in [0.29, 0.717) is 12.0 Å². The Morgan fingerprint density at radius 2 is 1.85 bits per heavy atom. The van der Waals surface area contributed by atoms with E-state index in [-0.39, 0.29) is 29.3 Å². The Morgan fingerprint density at radius 3 is 2.56 bits per heavy atom. The maximum Gasteiger partial charge on any atom is 0.303 e. The quantitative estimate of drug-likeness (QED) is 0.299. The van der Waals surface area contributed by atoms with E-state index in [0.717, 1.165) is 23.5 Å². The van der Waals surface area contributed by atoms with Gasteiger partial charge in [-0.05, 0) is 54.8 Å². The Balaban J connectivity index is 1.57. The van der Waals surface area contributed by atoms with Crippen molar-refractivity contribution in [2.24, 2.45) is 5.92 Å². The van der Waals surface area contributed by atoms with Crippen LogP contribution in [0.4, 0.5) is 4.39 Å². The molecule has 1 aromatic heterocycles. The van der Waals surface area contributed by atoms with Gasteiger partial charge in [0, 0.05) is 25.7 Å². The summed E-state index contributed by atoms with van der Waals surface area (Å²) in [6.07, 6.45) is -3.43. The molecule has 3 aromatic rings. The number of fused-ring (bicyclic) bond motifs is 1. The second-order valence-electron chi connectivity index (χ2n) is 9.71. The van der Waals surface area contributed by atoms with Crippen LogP contribution in [-0.4, -0.2) is 54.1 Å². The molecule has 4 rings (SSSR count). The smallest absolute Gasteiger partial charge is 0.303 e. The summed E-state index contributed by atoms with van der Waals surface area (Å²) >= 11 is 0. The minimum Gasteiger partial charge on any atom is -0.507 e. The summed E-state index contributed by atoms with van der Waals surface area (Å²) in [6, 6.07) is 10.5. The van der Waals surface area contributed by atoms with Crippen molar-refractivity contribution >= 4 is 28.7 Å². The zero-order chi connectivity index (χ0) is 28.3. The Morgan fingerprint density at radius 1 is 1.08 bits per heavy atom. The molecule has 1 aliphatic heterocycles. The zero-order valence-electron chi connectivity index (χ0n) is 22.1. The van der Waals surface area contributed by atoms with Crippen LogP contribution in [0.3, 0.4) is 0 Å². The van der Waals surface area contributed by atoms with Crippen molar-refractivity contribution in [3.63, 3.8) is 0 Å². The summed E-state index contributed by atoms with van der Waals surface area (Å²) < 4.78 is 42.6. The number of halogens is 1. The van der Waals surface area contributed by atoms with Crippen LogP contribution < -0.4 is 4.74 Å². The number of hydrogen-bond donors (Lipinski definition) is 1. The number of furan rings is 1. The number of ketones is 1. The summed E-state index contributed by atoms with van der Waals surface area (Å²) in [4.78, 5) is 36.3. The van der Waals surface area contributed by atoms with Gasteiger partial charge in [0.15, 0.2) is 12.0 Å². The zero-order valence-corrected chi connectivity index (χ0v) is 22.1. The normalized spacial score (nSPS) is 22.8. The monoisotopic (exact) mass is 542 g/mol. The van der Waals surface area contributed by atoms with Crippen LogP contribution in [0.25, 0.3) is 11.0 Å². The van der Waals surface area contributed by atoms with Crippen molar-refractivity contribution < 1.29 is 47.2 Å². The van der Waals surface area contributed by atoms with E-state index < -0.39 is 49.1 Å². The molecular formula is C29H31FO9. The van der Waals surface area contributed by atoms with Gasteiger partial charge in [0.05, 0.1) is 12.2 Å². The van der Waals surface area contributed by atoms with Crippen LogP contribution in [0.15, 0.2) is 47.1 Å². The topological polar surface area (TPSA) is 122 Å². The third kappa shape index (κ3) is 6.57. The van der Waals surface area contributed by atoms with Crippen LogP contribution >= 0.6 is 0 Å². The lowest BCUT2D eigenvalue weighted by molar-refractivity contribution is -0.249. The van der Waals surface area contributed by atoms with Gasteiger partial charge in [0.1, 0.15) is 41.5 Å². The van der Waals surface area contributed by atoms with Crippen molar-refractivity contribution in [3.05, 3.63) is 59.4 Å². The number of esters is 2. The molecule has 5 atom stereocenters. The van der Waals surface area contributed by atoms with Crippen molar-refractivity contribution in [2.45, 2.75) is 65.2 Å². The van der Waals surface area contributed by atoms with Gasteiger partial charge in [-0.25, -0.2) is 4.39 Å². The highest BCUT2D eigenvalue weighted by molar-refractivity contribution is 6.01. The molecule has 2 heterocycles. The maximum atomic E-state index is 15.2. The summed E-state index contributed by atoms with van der Waals surface area (Å²) in [6.45, 7) is 5.21. The molecule has 0 aliphatic carbocycles. The highest BCUT2D eigenvalue weighted by atomic mass is 19.1. The number of hydrogen-bond acceptors (Lipinski definition) is 9. The molecule has 9 nitrogen and oxygen atoms in total. The number of rotatable bonds is 9. The van der Waals surface area contributed by atoms with E-state index in [9.17, 15) is 19.5 Å². The second-order valence-corrected chi connectivity index (χ2v) is 9.71. The van der Waals surface area contributed by atoms with E-state index in [4.69, 9.17) is 23.4 Å². The minimum atomic E-state index is -1.79. The Labute approximate surface area is 224 Å². The number of phenols is 1. The van der Waals surface area contributed by atoms with Gasteiger partial charge >= 0.3 is 11.9 Å². The molecule has 208 valence electrons. The molecule has 0 radical (unpaired) electrons. The number of benzene rings is 2. The number of aromatic hydroxyl groups is 1. The molecular weight excluding hydrogens is 511 g/mol. The minimum absolute atomic E-state index is 0.0382. The number of Topliss-reactive ketones (excluding diaryl/α,β-unsaturated/α-hetero) is 1. The van der Waals surface area contributed by atoms with Gasteiger partial charge in [-0.2, -0.15) is 0 Å². The average Bonchev–Trinajstić information content (AvgIpc) is 3.33. The molecule has 2 aromatic carbocycles. The summed E-state index contributed by atoms with van der Waals surface area (Å²) in [5.41, 5.74) is 2.24. The van der Waals surface area contributed by atoms with Gasteiger partial charge in [0.2, 0.25) is 6.29 Å². The van der Waals surface area contributed by atoms with Crippen LogP contribution in [-0.2, 0) is 30.2 Å². The van der Waals surface area contributed by atoms with Crippen LogP contribution in [0.1, 0.15) is 48.7 Å². The van der Waals surface area contributed by atoms with Gasteiger partial charge in [-0.3, -0.25) is 14.4 Å². The lowest BCUT2D eigenvalue weighted by Gasteiger charge is -2.41. The fourth-order valence-corrected chi connectivity index (χ4v) is 4.64. The first-order chi connectivity index (χ1) is 18.5. The SMILES string of the molecule is CC(=O)OCC1OC(Oc2cc(C)cc(O)c2C(=O)CCc2ccc3occc3c2)C(C)C(OC(C)=O)C1F. The number of carbonyl (C=O) groups excluding carboxylic acids is 3. The van der Waals surface area contributed by atoms with E-state index in [1.165, 1.54) is 13.0 Å². The number of phenolic OH excluding ortho intramolecular Hbond substituents is 1. The first-order valence-corrected chi connectivity index (χ1v) is 12.6. The van der Waals surface area contributed by atoms with Crippen molar-refractivity contribution in [1.29, 1.82) is 0 Å². The van der Waals surface area contributed by atoms with E-state index in [1.54, 1.807) is 26.2 Å². The largest absolute Gasteiger partial charge is 0.507 e. The number of alkyl halides is 1. The lowest BCUT2D eigenvalue weighted by atomic mass is 9.93. The van der Waals surface area contributed by atoms with Crippen LogP contribution in [0, 0.1) is 12.8 Å². The molecule has 39 heavy (non-hydrogen) atoms. The Bertz CT molecular complexity index is 1360. The first kappa shape index (κ1) is 28.1. The van der Waals surface area contributed by atoms with Crippen LogP contribution in [0.5, 0.6) is 11.5 Å². The summed E-state index contributed by atoms with van der Waals surface area (Å²) in [5, 5.41) is 11.6. The number of carbonyl (C=O) groups is 3. The highest BCUT2D eigenvalue weighted by Crippen LogP contribution is 2.37. The molecule has 1 fully saturated rings. The van der Waals surface area contributed by atoms with Gasteiger partial charge in [0.25, 0.3) is 0 Å². The predicted octanol–water partition coefficient (Wildman–Crippen LogP) is 4.84. The molecule has 0 spiro atoms. The molecule has 10 heteroatoms. The summed E-state index contributed by atoms with van der Waals surface area (Å²) in [7, 11) is 0. The number of aryl methyl sites for hydroxylation is 2. The van der Waals surface area contributed by atoms with Crippen LogP contribution in [0.2, 0.25) is 0 Å². The Kier molecular flexibility index (Phi) is 8.54. The summed E-state index contributed by atoms with van der Waals surface area (Å²) in [5.74, 6) is -2.71. The predicted molar refractivity (Wildman–Crippen MR) is 137 cm³/mol. The van der Waals surface area contributed by atoms with Gasteiger partial charge in [-0.1, -0.05) is 13.0 Å². The molecule has 1 N–H and O–H groups in total. The molecule has 0 saturated carbocycles. The fraction of sp³-hybridized carbons (Fsp3) is 0.414. The van der Waals surface area contributed by atoms with Crippen molar-refractivity contribution in [3.8, 4) is 11.5 Å². The molecule has 0 bridgehead atoms. The third-order valence-electron chi connectivity index (χ3n) is 6.58. The van der Waals surface area contributed by atoms with Crippen molar-refractivity contribution in [2.75, 3.05) is 6.61 Å². The van der Waals surface area contributed by atoms with Gasteiger partial charge in [-0.15, -0.1) is 0 Å². The van der Waals surface area contributed by atoms with E-state index in [1.807, 2.05) is 24.3 Å².